The molecule has 242 valence electrons. The van der Waals surface area contributed by atoms with E-state index in [1.165, 1.54) is 4.90 Å². The number of ether oxygens (including phenoxy) is 2. The Labute approximate surface area is 263 Å². The predicted molar refractivity (Wildman–Crippen MR) is 172 cm³/mol. The Bertz CT molecular complexity index is 1290. The highest BCUT2D eigenvalue weighted by molar-refractivity contribution is 5.94. The summed E-state index contributed by atoms with van der Waals surface area (Å²) in [6, 6.07) is 13.5. The highest BCUT2D eigenvalue weighted by Gasteiger charge is 2.43. The van der Waals surface area contributed by atoms with E-state index in [1.807, 2.05) is 76.2 Å². The number of nitrogens with one attached hydrogen (secondary N) is 2. The number of carbonyl (C=O) groups excluding carboxylic acids is 4. The second-order valence-electron chi connectivity index (χ2n) is 13.8. The normalized spacial score (nSPS) is 14.1. The molecule has 0 aliphatic rings. The molecule has 0 fully saturated rings. The van der Waals surface area contributed by atoms with E-state index in [1.54, 1.807) is 54.5 Å². The number of nitrogens with zero attached hydrogens (tertiary/aromatic N) is 1. The molecule has 3 amide bonds. The van der Waals surface area contributed by atoms with Crippen LogP contribution < -0.4 is 10.6 Å². The van der Waals surface area contributed by atoms with E-state index in [2.05, 4.69) is 10.6 Å². The van der Waals surface area contributed by atoms with Gasteiger partial charge in [-0.1, -0.05) is 61.5 Å². The number of aryl methyl sites for hydroxylation is 1. The number of benzene rings is 2. The maximum Gasteiger partial charge on any atom is 0.408 e. The van der Waals surface area contributed by atoms with Crippen LogP contribution in [0.15, 0.2) is 54.6 Å². The molecule has 3 unspecified atom stereocenters. The largest absolute Gasteiger partial charge is 0.458 e. The molecule has 0 aliphatic heterocycles. The van der Waals surface area contributed by atoms with Crippen molar-refractivity contribution in [1.82, 2.24) is 15.5 Å². The van der Waals surface area contributed by atoms with Gasteiger partial charge in [-0.2, -0.15) is 0 Å². The van der Waals surface area contributed by atoms with Crippen molar-refractivity contribution in [2.75, 3.05) is 0 Å². The molecule has 2 aromatic rings. The van der Waals surface area contributed by atoms with Crippen molar-refractivity contribution in [2.45, 2.75) is 124 Å². The lowest BCUT2D eigenvalue weighted by Gasteiger charge is -2.44. The van der Waals surface area contributed by atoms with Crippen LogP contribution in [0.5, 0.6) is 0 Å². The van der Waals surface area contributed by atoms with Crippen LogP contribution in [-0.2, 0) is 30.3 Å². The Morgan fingerprint density at radius 3 is 1.86 bits per heavy atom. The standard InChI is InChI=1S/C35H51N3O6/c1-12-35(10,11)38(30(40)24(3)36-32(42)44-34(7,8)9)28(26-21-17-16-18-23(26)2)29(39)37-27(31(41)43-33(4,5)6)22-25-19-14-13-15-20-25/h13-21,24,27-28H,12,22H2,1-11H3,(H,36,42)(H,37,39). The summed E-state index contributed by atoms with van der Waals surface area (Å²) in [5.41, 5.74) is -0.122. The van der Waals surface area contributed by atoms with Gasteiger partial charge in [-0.15, -0.1) is 0 Å². The molecule has 0 spiro atoms. The van der Waals surface area contributed by atoms with Crippen LogP contribution in [-0.4, -0.2) is 57.6 Å². The van der Waals surface area contributed by atoms with E-state index in [9.17, 15) is 19.2 Å². The molecule has 0 aromatic heterocycles. The van der Waals surface area contributed by atoms with E-state index < -0.39 is 58.7 Å². The summed E-state index contributed by atoms with van der Waals surface area (Å²) < 4.78 is 11.1. The van der Waals surface area contributed by atoms with E-state index in [4.69, 9.17) is 9.47 Å². The van der Waals surface area contributed by atoms with Gasteiger partial charge in [0.15, 0.2) is 0 Å². The quantitative estimate of drug-likeness (QED) is 0.301. The lowest BCUT2D eigenvalue weighted by molar-refractivity contribution is -0.159. The second-order valence-corrected chi connectivity index (χ2v) is 13.8. The molecule has 0 radical (unpaired) electrons. The lowest BCUT2D eigenvalue weighted by atomic mass is 9.90. The minimum absolute atomic E-state index is 0.198. The van der Waals surface area contributed by atoms with Gasteiger partial charge in [0.2, 0.25) is 11.8 Å². The number of hydrogen-bond donors (Lipinski definition) is 2. The van der Waals surface area contributed by atoms with Gasteiger partial charge in [-0.05, 0) is 92.3 Å². The summed E-state index contributed by atoms with van der Waals surface area (Å²) in [4.78, 5) is 56.3. The summed E-state index contributed by atoms with van der Waals surface area (Å²) in [5.74, 6) is -1.58. The van der Waals surface area contributed by atoms with Crippen molar-refractivity contribution in [3.63, 3.8) is 0 Å². The molecule has 2 N–H and O–H groups in total. The zero-order chi connectivity index (χ0) is 33.5. The van der Waals surface area contributed by atoms with Crippen LogP contribution in [0.3, 0.4) is 0 Å². The topological polar surface area (TPSA) is 114 Å². The highest BCUT2D eigenvalue weighted by Crippen LogP contribution is 2.34. The van der Waals surface area contributed by atoms with Crippen molar-refractivity contribution in [3.05, 3.63) is 71.3 Å². The number of carbonyl (C=O) groups is 4. The van der Waals surface area contributed by atoms with Gasteiger partial charge >= 0.3 is 12.1 Å². The molecule has 0 saturated heterocycles. The molecule has 0 heterocycles. The average molecular weight is 610 g/mol. The van der Waals surface area contributed by atoms with E-state index in [-0.39, 0.29) is 6.42 Å². The fourth-order valence-corrected chi connectivity index (χ4v) is 4.66. The van der Waals surface area contributed by atoms with Crippen LogP contribution in [0.2, 0.25) is 0 Å². The van der Waals surface area contributed by atoms with Crippen molar-refractivity contribution in [2.24, 2.45) is 0 Å². The number of hydrogen-bond acceptors (Lipinski definition) is 6. The Balaban J connectivity index is 2.61. The van der Waals surface area contributed by atoms with Crippen molar-refractivity contribution < 1.29 is 28.7 Å². The number of rotatable bonds is 11. The third-order valence-electron chi connectivity index (χ3n) is 7.14. The van der Waals surface area contributed by atoms with Crippen LogP contribution in [0, 0.1) is 6.92 Å². The van der Waals surface area contributed by atoms with Gasteiger partial charge in [0.25, 0.3) is 0 Å². The van der Waals surface area contributed by atoms with Crippen LogP contribution in [0.1, 0.15) is 98.4 Å². The Hall–Kier alpha value is -3.88. The Morgan fingerprint density at radius 2 is 1.34 bits per heavy atom. The van der Waals surface area contributed by atoms with Crippen molar-refractivity contribution in [1.29, 1.82) is 0 Å². The second kappa shape index (κ2) is 14.7. The van der Waals surface area contributed by atoms with Crippen molar-refractivity contribution >= 4 is 23.9 Å². The average Bonchev–Trinajstić information content (AvgIpc) is 2.89. The third-order valence-corrected chi connectivity index (χ3v) is 7.14. The molecule has 0 bridgehead atoms. The van der Waals surface area contributed by atoms with E-state index in [0.717, 1.165) is 11.1 Å². The third kappa shape index (κ3) is 10.7. The first-order valence-electron chi connectivity index (χ1n) is 15.2. The van der Waals surface area contributed by atoms with Crippen LogP contribution in [0.4, 0.5) is 4.79 Å². The first-order valence-corrected chi connectivity index (χ1v) is 15.2. The van der Waals surface area contributed by atoms with Gasteiger partial charge in [0.05, 0.1) is 0 Å². The fraction of sp³-hybridized carbons (Fsp3) is 0.543. The Kier molecular flexibility index (Phi) is 12.2. The molecular weight excluding hydrogens is 558 g/mol. The highest BCUT2D eigenvalue weighted by atomic mass is 16.6. The minimum Gasteiger partial charge on any atom is -0.458 e. The van der Waals surface area contributed by atoms with Gasteiger partial charge in [-0.25, -0.2) is 9.59 Å². The summed E-state index contributed by atoms with van der Waals surface area (Å²) >= 11 is 0. The molecule has 2 aromatic carbocycles. The maximum absolute atomic E-state index is 14.5. The molecule has 2 rings (SSSR count). The van der Waals surface area contributed by atoms with Crippen LogP contribution >= 0.6 is 0 Å². The molecule has 44 heavy (non-hydrogen) atoms. The molecule has 0 saturated carbocycles. The summed E-state index contributed by atoms with van der Waals surface area (Å²) in [5, 5.41) is 5.57. The van der Waals surface area contributed by atoms with Crippen molar-refractivity contribution in [3.8, 4) is 0 Å². The summed E-state index contributed by atoms with van der Waals surface area (Å²) in [7, 11) is 0. The molecule has 0 aliphatic carbocycles. The number of amides is 3. The van der Waals surface area contributed by atoms with Gasteiger partial charge in [0.1, 0.15) is 29.3 Å². The first-order chi connectivity index (χ1) is 20.3. The summed E-state index contributed by atoms with van der Waals surface area (Å²) in [6.45, 7) is 19.6. The van der Waals surface area contributed by atoms with Crippen LogP contribution in [0.25, 0.3) is 0 Å². The Morgan fingerprint density at radius 1 is 0.795 bits per heavy atom. The number of esters is 1. The van der Waals surface area contributed by atoms with Gasteiger partial charge < -0.3 is 25.0 Å². The molecular formula is C35H51N3O6. The monoisotopic (exact) mass is 609 g/mol. The zero-order valence-electron chi connectivity index (χ0n) is 28.2. The van der Waals surface area contributed by atoms with Gasteiger partial charge in [0, 0.05) is 12.0 Å². The molecule has 3 atom stereocenters. The zero-order valence-corrected chi connectivity index (χ0v) is 28.2. The molecule has 9 heteroatoms. The summed E-state index contributed by atoms with van der Waals surface area (Å²) in [6.07, 6.45) is -0.0334. The van der Waals surface area contributed by atoms with Gasteiger partial charge in [-0.3, -0.25) is 9.59 Å². The van der Waals surface area contributed by atoms with E-state index >= 15 is 0 Å². The maximum atomic E-state index is 14.5. The lowest BCUT2D eigenvalue weighted by Crippen LogP contribution is -2.60. The first kappa shape index (κ1) is 36.3. The predicted octanol–water partition coefficient (Wildman–Crippen LogP) is 6.04. The molecule has 9 nitrogen and oxygen atoms in total. The fourth-order valence-electron chi connectivity index (χ4n) is 4.66. The smallest absolute Gasteiger partial charge is 0.408 e. The SMILES string of the molecule is CCC(C)(C)N(C(=O)C(C)NC(=O)OC(C)(C)C)C(C(=O)NC(Cc1ccccc1)C(=O)OC(C)(C)C)c1ccccc1C. The number of alkyl carbamates (subject to hydrolysis) is 1. The van der Waals surface area contributed by atoms with E-state index in [0.29, 0.717) is 12.0 Å². The minimum atomic E-state index is -1.12.